The third-order valence-electron chi connectivity index (χ3n) is 4.43. The lowest BCUT2D eigenvalue weighted by atomic mass is 10.1. The molecule has 0 saturated heterocycles. The molecule has 0 atom stereocenters. The van der Waals surface area contributed by atoms with Gasteiger partial charge in [-0.15, -0.1) is 11.3 Å². The second-order valence-corrected chi connectivity index (χ2v) is 8.21. The molecule has 0 spiro atoms. The number of rotatable bonds is 3. The minimum absolute atomic E-state index is 0.683. The van der Waals surface area contributed by atoms with Gasteiger partial charge in [0.1, 0.15) is 10.7 Å². The van der Waals surface area contributed by atoms with Crippen molar-refractivity contribution in [3.63, 3.8) is 0 Å². The van der Waals surface area contributed by atoms with Crippen molar-refractivity contribution in [2.24, 2.45) is 0 Å². The van der Waals surface area contributed by atoms with E-state index in [4.69, 9.17) is 33.3 Å². The van der Waals surface area contributed by atoms with E-state index >= 15 is 0 Å². The van der Waals surface area contributed by atoms with E-state index in [1.54, 1.807) is 11.3 Å². The van der Waals surface area contributed by atoms with Crippen LogP contribution in [0.2, 0.25) is 10.0 Å². The smallest absolute Gasteiger partial charge is 0.128 e. The SMILES string of the molecule is Clc1ccc(-c2nn(-c3ccccc3)cc2-c2nc3cc(Cl)ccc3s2)cc1. The van der Waals surface area contributed by atoms with Crippen LogP contribution in [0.15, 0.2) is 79.0 Å². The topological polar surface area (TPSA) is 30.7 Å². The molecule has 3 nitrogen and oxygen atoms in total. The van der Waals surface area contributed by atoms with Crippen LogP contribution in [0.1, 0.15) is 0 Å². The number of aromatic nitrogens is 3. The molecule has 0 aliphatic carbocycles. The van der Waals surface area contributed by atoms with Gasteiger partial charge in [-0.3, -0.25) is 0 Å². The van der Waals surface area contributed by atoms with E-state index in [9.17, 15) is 0 Å². The molecule has 2 aromatic heterocycles. The summed E-state index contributed by atoms with van der Waals surface area (Å²) in [5, 5.41) is 7.14. The van der Waals surface area contributed by atoms with Gasteiger partial charge in [0.15, 0.2) is 0 Å². The molecule has 0 bridgehead atoms. The van der Waals surface area contributed by atoms with Crippen molar-refractivity contribution >= 4 is 44.8 Å². The lowest BCUT2D eigenvalue weighted by Crippen LogP contribution is -1.93. The summed E-state index contributed by atoms with van der Waals surface area (Å²) in [5.41, 5.74) is 4.72. The van der Waals surface area contributed by atoms with Crippen LogP contribution >= 0.6 is 34.5 Å². The Hall–Kier alpha value is -2.66. The van der Waals surface area contributed by atoms with Gasteiger partial charge < -0.3 is 0 Å². The highest BCUT2D eigenvalue weighted by atomic mass is 35.5. The fraction of sp³-hybridized carbons (Fsp3) is 0. The Morgan fingerprint density at radius 1 is 0.821 bits per heavy atom. The Kier molecular flexibility index (Phi) is 4.40. The first-order valence-electron chi connectivity index (χ1n) is 8.65. The third kappa shape index (κ3) is 3.20. The first-order chi connectivity index (χ1) is 13.7. The predicted molar refractivity (Wildman–Crippen MR) is 118 cm³/mol. The van der Waals surface area contributed by atoms with Crippen LogP contribution in [-0.4, -0.2) is 14.8 Å². The largest absolute Gasteiger partial charge is 0.240 e. The molecule has 0 radical (unpaired) electrons. The van der Waals surface area contributed by atoms with Crippen molar-refractivity contribution in [2.45, 2.75) is 0 Å². The zero-order valence-electron chi connectivity index (χ0n) is 14.5. The second-order valence-electron chi connectivity index (χ2n) is 6.31. The molecule has 0 saturated carbocycles. The van der Waals surface area contributed by atoms with E-state index in [1.165, 1.54) is 0 Å². The van der Waals surface area contributed by atoms with Crippen LogP contribution in [0.5, 0.6) is 0 Å². The normalized spacial score (nSPS) is 11.2. The van der Waals surface area contributed by atoms with E-state index in [0.29, 0.717) is 10.0 Å². The molecule has 5 aromatic rings. The Morgan fingerprint density at radius 2 is 1.57 bits per heavy atom. The highest BCUT2D eigenvalue weighted by Crippen LogP contribution is 2.37. The van der Waals surface area contributed by atoms with Crippen molar-refractivity contribution in [1.29, 1.82) is 0 Å². The molecule has 3 aromatic carbocycles. The lowest BCUT2D eigenvalue weighted by molar-refractivity contribution is 0.884. The molecule has 136 valence electrons. The maximum Gasteiger partial charge on any atom is 0.128 e. The molecule has 0 N–H and O–H groups in total. The maximum absolute atomic E-state index is 6.14. The van der Waals surface area contributed by atoms with E-state index in [2.05, 4.69) is 0 Å². The Morgan fingerprint density at radius 3 is 2.36 bits per heavy atom. The van der Waals surface area contributed by atoms with Crippen LogP contribution in [0.3, 0.4) is 0 Å². The fourth-order valence-electron chi connectivity index (χ4n) is 3.08. The molecule has 0 amide bonds. The summed E-state index contributed by atoms with van der Waals surface area (Å²) in [6, 6.07) is 23.5. The van der Waals surface area contributed by atoms with Crippen LogP contribution in [0, 0.1) is 0 Å². The molecule has 5 rings (SSSR count). The van der Waals surface area contributed by atoms with Gasteiger partial charge in [0, 0.05) is 21.8 Å². The van der Waals surface area contributed by atoms with Gasteiger partial charge in [-0.05, 0) is 42.5 Å². The summed E-state index contributed by atoms with van der Waals surface area (Å²) >= 11 is 13.8. The summed E-state index contributed by atoms with van der Waals surface area (Å²) in [7, 11) is 0. The van der Waals surface area contributed by atoms with Gasteiger partial charge in [0.25, 0.3) is 0 Å². The number of fused-ring (bicyclic) bond motifs is 1. The van der Waals surface area contributed by atoms with Crippen LogP contribution < -0.4 is 0 Å². The molecule has 0 fully saturated rings. The number of halogens is 2. The number of benzene rings is 3. The average molecular weight is 422 g/mol. The lowest BCUT2D eigenvalue weighted by Gasteiger charge is -2.01. The molecule has 6 heteroatoms. The van der Waals surface area contributed by atoms with Gasteiger partial charge >= 0.3 is 0 Å². The predicted octanol–water partition coefficient (Wildman–Crippen LogP) is 7.12. The number of hydrogen-bond acceptors (Lipinski definition) is 3. The van der Waals surface area contributed by atoms with E-state index in [1.807, 2.05) is 83.7 Å². The number of nitrogens with zero attached hydrogens (tertiary/aromatic N) is 3. The van der Waals surface area contributed by atoms with E-state index in [-0.39, 0.29) is 0 Å². The van der Waals surface area contributed by atoms with Crippen LogP contribution in [0.25, 0.3) is 37.7 Å². The van der Waals surface area contributed by atoms with Gasteiger partial charge in [-0.25, -0.2) is 9.67 Å². The Labute approximate surface area is 175 Å². The summed E-state index contributed by atoms with van der Waals surface area (Å²) < 4.78 is 2.98. The van der Waals surface area contributed by atoms with Gasteiger partial charge in [0.05, 0.1) is 21.5 Å². The van der Waals surface area contributed by atoms with Gasteiger partial charge in [-0.2, -0.15) is 5.10 Å². The first kappa shape index (κ1) is 17.4. The van der Waals surface area contributed by atoms with Crippen LogP contribution in [-0.2, 0) is 0 Å². The monoisotopic (exact) mass is 421 g/mol. The standard InChI is InChI=1S/C22H13Cl2N3S/c23-15-8-6-14(7-9-15)21-18(13-27(26-21)17-4-2-1-3-5-17)22-25-19-12-16(24)10-11-20(19)28-22/h1-13H. The second kappa shape index (κ2) is 7.06. The quantitative estimate of drug-likeness (QED) is 0.310. The fourth-order valence-corrected chi connectivity index (χ4v) is 4.33. The molecule has 0 unspecified atom stereocenters. The first-order valence-corrected chi connectivity index (χ1v) is 10.2. The third-order valence-corrected chi connectivity index (χ3v) is 5.99. The molecule has 2 heterocycles. The van der Waals surface area contributed by atoms with Gasteiger partial charge in [0.2, 0.25) is 0 Å². The molecule has 0 aliphatic rings. The van der Waals surface area contributed by atoms with Crippen molar-refractivity contribution in [2.75, 3.05) is 0 Å². The van der Waals surface area contributed by atoms with Crippen molar-refractivity contribution in [1.82, 2.24) is 14.8 Å². The summed E-state index contributed by atoms with van der Waals surface area (Å²) in [6.07, 6.45) is 2.03. The van der Waals surface area contributed by atoms with Crippen LogP contribution in [0.4, 0.5) is 0 Å². The van der Waals surface area contributed by atoms with Crippen molar-refractivity contribution in [3.05, 3.63) is 89.0 Å². The molecular formula is C22H13Cl2N3S. The highest BCUT2D eigenvalue weighted by Gasteiger charge is 2.17. The number of thiazole rings is 1. The summed E-state index contributed by atoms with van der Waals surface area (Å²) in [5.74, 6) is 0. The number of hydrogen-bond donors (Lipinski definition) is 0. The Bertz CT molecular complexity index is 1270. The summed E-state index contributed by atoms with van der Waals surface area (Å²) in [4.78, 5) is 4.81. The summed E-state index contributed by atoms with van der Waals surface area (Å²) in [6.45, 7) is 0. The molecular weight excluding hydrogens is 409 g/mol. The van der Waals surface area contributed by atoms with Crippen molar-refractivity contribution in [3.8, 4) is 27.5 Å². The van der Waals surface area contributed by atoms with Gasteiger partial charge in [-0.1, -0.05) is 53.5 Å². The number of para-hydroxylation sites is 1. The van der Waals surface area contributed by atoms with E-state index in [0.717, 1.165) is 37.7 Å². The highest BCUT2D eigenvalue weighted by molar-refractivity contribution is 7.21. The maximum atomic E-state index is 6.14. The van der Waals surface area contributed by atoms with E-state index < -0.39 is 0 Å². The Balaban J connectivity index is 1.72. The zero-order chi connectivity index (χ0) is 19.1. The minimum Gasteiger partial charge on any atom is -0.240 e. The van der Waals surface area contributed by atoms with Crippen molar-refractivity contribution < 1.29 is 0 Å². The average Bonchev–Trinajstić information content (AvgIpc) is 3.33. The molecule has 0 aliphatic heterocycles. The minimum atomic E-state index is 0.683. The molecule has 28 heavy (non-hydrogen) atoms. The zero-order valence-corrected chi connectivity index (χ0v) is 16.8.